The number of nitriles is 1. The maximum atomic E-state index is 12.2. The summed E-state index contributed by atoms with van der Waals surface area (Å²) in [7, 11) is 1.38. The molecule has 1 aliphatic carbocycles. The zero-order valence-corrected chi connectivity index (χ0v) is 10.5. The van der Waals surface area contributed by atoms with Crippen LogP contribution in [-0.4, -0.2) is 19.1 Å². The van der Waals surface area contributed by atoms with E-state index in [-0.39, 0.29) is 11.9 Å². The summed E-state index contributed by atoms with van der Waals surface area (Å²) in [6.45, 7) is 2.08. The molecular formula is C14H16N2O2. The molecule has 1 fully saturated rings. The topological polar surface area (TPSA) is 62.1 Å². The summed E-state index contributed by atoms with van der Waals surface area (Å²) in [5.41, 5.74) is 0.185. The third-order valence-electron chi connectivity index (χ3n) is 3.57. The Bertz CT molecular complexity index is 485. The van der Waals surface area contributed by atoms with Gasteiger partial charge in [0, 0.05) is 23.7 Å². The first kappa shape index (κ1) is 12.4. The van der Waals surface area contributed by atoms with Crippen LogP contribution in [0.4, 0.5) is 0 Å². The van der Waals surface area contributed by atoms with E-state index < -0.39 is 5.41 Å². The average Bonchev–Trinajstić information content (AvgIpc) is 2.76. The van der Waals surface area contributed by atoms with Crippen molar-refractivity contribution >= 4 is 5.97 Å². The third-order valence-corrected chi connectivity index (χ3v) is 3.57. The van der Waals surface area contributed by atoms with E-state index in [9.17, 15) is 4.79 Å². The van der Waals surface area contributed by atoms with Crippen molar-refractivity contribution in [3.8, 4) is 6.07 Å². The van der Waals surface area contributed by atoms with Crippen LogP contribution in [0.15, 0.2) is 36.1 Å². The zero-order chi connectivity index (χ0) is 13.2. The lowest BCUT2D eigenvalue weighted by molar-refractivity contribution is -0.149. The van der Waals surface area contributed by atoms with E-state index in [1.54, 1.807) is 6.08 Å². The van der Waals surface area contributed by atoms with Crippen LogP contribution in [0.25, 0.3) is 0 Å². The van der Waals surface area contributed by atoms with Gasteiger partial charge in [0.25, 0.3) is 0 Å². The molecule has 1 N–H and O–H groups in total. The van der Waals surface area contributed by atoms with Crippen LogP contribution in [0.1, 0.15) is 13.3 Å². The second-order valence-corrected chi connectivity index (χ2v) is 4.70. The van der Waals surface area contributed by atoms with Crippen molar-refractivity contribution < 1.29 is 9.53 Å². The van der Waals surface area contributed by atoms with Gasteiger partial charge in [-0.2, -0.15) is 5.26 Å². The van der Waals surface area contributed by atoms with Crippen molar-refractivity contribution in [2.45, 2.75) is 19.4 Å². The molecule has 4 heteroatoms. The van der Waals surface area contributed by atoms with E-state index >= 15 is 0 Å². The fourth-order valence-corrected chi connectivity index (χ4v) is 2.77. The monoisotopic (exact) mass is 244 g/mol. The lowest BCUT2D eigenvalue weighted by atomic mass is 9.70. The first-order valence-electron chi connectivity index (χ1n) is 5.95. The van der Waals surface area contributed by atoms with Gasteiger partial charge < -0.3 is 10.1 Å². The standard InChI is InChI=1S/C14H16N2O2/c1-10-9-11-12(16-10)5-3-6-14(11,7-4-8-15)13(17)18-2/h3-7,10-11,16H,9H2,1-2H3. The number of nitrogens with zero attached hydrogens (tertiary/aromatic N) is 1. The number of carbonyl (C=O) groups is 1. The summed E-state index contributed by atoms with van der Waals surface area (Å²) >= 11 is 0. The Balaban J connectivity index is 2.45. The predicted molar refractivity (Wildman–Crippen MR) is 67.1 cm³/mol. The summed E-state index contributed by atoms with van der Waals surface area (Å²) in [6, 6.07) is 2.27. The van der Waals surface area contributed by atoms with Gasteiger partial charge in [-0.05, 0) is 19.4 Å². The number of carbonyl (C=O) groups excluding carboxylic acids is 1. The van der Waals surface area contributed by atoms with Crippen molar-refractivity contribution in [2.75, 3.05) is 7.11 Å². The zero-order valence-electron chi connectivity index (χ0n) is 10.5. The molecule has 2 rings (SSSR count). The number of fused-ring (bicyclic) bond motifs is 1. The molecule has 0 aromatic carbocycles. The molecule has 3 atom stereocenters. The highest BCUT2D eigenvalue weighted by Gasteiger charge is 2.48. The van der Waals surface area contributed by atoms with Crippen LogP contribution in [-0.2, 0) is 9.53 Å². The van der Waals surface area contributed by atoms with E-state index in [0.717, 1.165) is 12.1 Å². The molecule has 1 heterocycles. The summed E-state index contributed by atoms with van der Waals surface area (Å²) in [6.07, 6.45) is 9.49. The summed E-state index contributed by atoms with van der Waals surface area (Å²) < 4.78 is 4.93. The van der Waals surface area contributed by atoms with Crippen LogP contribution in [0.2, 0.25) is 0 Å². The highest BCUT2D eigenvalue weighted by molar-refractivity contribution is 5.83. The molecule has 94 valence electrons. The van der Waals surface area contributed by atoms with Gasteiger partial charge in [-0.25, -0.2) is 0 Å². The number of ether oxygens (including phenoxy) is 1. The van der Waals surface area contributed by atoms with Crippen LogP contribution >= 0.6 is 0 Å². The normalized spacial score (nSPS) is 33.5. The van der Waals surface area contributed by atoms with Crippen LogP contribution < -0.4 is 5.32 Å². The van der Waals surface area contributed by atoms with E-state index in [1.807, 2.05) is 24.3 Å². The van der Waals surface area contributed by atoms with Gasteiger partial charge in [0.15, 0.2) is 0 Å². The first-order valence-corrected chi connectivity index (χ1v) is 5.95. The first-order chi connectivity index (χ1) is 8.64. The predicted octanol–water partition coefficient (Wildman–Crippen LogP) is 1.68. The van der Waals surface area contributed by atoms with Gasteiger partial charge in [-0.1, -0.05) is 18.2 Å². The largest absolute Gasteiger partial charge is 0.468 e. The molecule has 3 unspecified atom stereocenters. The van der Waals surface area contributed by atoms with Gasteiger partial charge >= 0.3 is 5.97 Å². The molecule has 0 saturated carbocycles. The molecule has 0 aromatic rings. The average molecular weight is 244 g/mol. The molecule has 1 aliphatic heterocycles. The maximum Gasteiger partial charge on any atom is 0.320 e. The molecule has 1 saturated heterocycles. The molecule has 0 aromatic heterocycles. The van der Waals surface area contributed by atoms with Gasteiger partial charge in [0.2, 0.25) is 0 Å². The number of methoxy groups -OCH3 is 1. The Morgan fingerprint density at radius 3 is 3.17 bits per heavy atom. The fraction of sp³-hybridized carbons (Fsp3) is 0.429. The second-order valence-electron chi connectivity index (χ2n) is 4.70. The third kappa shape index (κ3) is 1.82. The van der Waals surface area contributed by atoms with Gasteiger partial charge in [0.1, 0.15) is 5.41 Å². The van der Waals surface area contributed by atoms with Crippen LogP contribution in [0, 0.1) is 22.7 Å². The van der Waals surface area contributed by atoms with E-state index in [0.29, 0.717) is 6.04 Å². The Hall–Kier alpha value is -2.02. The number of rotatable bonds is 2. The minimum atomic E-state index is -0.855. The molecule has 18 heavy (non-hydrogen) atoms. The van der Waals surface area contributed by atoms with Crippen molar-refractivity contribution in [3.63, 3.8) is 0 Å². The summed E-state index contributed by atoms with van der Waals surface area (Å²) in [5.74, 6) is -0.300. The van der Waals surface area contributed by atoms with Gasteiger partial charge in [-0.15, -0.1) is 0 Å². The number of allylic oxidation sites excluding steroid dienone is 4. The Morgan fingerprint density at radius 2 is 2.50 bits per heavy atom. The number of hydrogen-bond acceptors (Lipinski definition) is 4. The number of esters is 1. The van der Waals surface area contributed by atoms with Crippen molar-refractivity contribution in [1.82, 2.24) is 5.32 Å². The molecule has 0 amide bonds. The number of hydrogen-bond donors (Lipinski definition) is 1. The fourth-order valence-electron chi connectivity index (χ4n) is 2.77. The van der Waals surface area contributed by atoms with E-state index in [4.69, 9.17) is 10.00 Å². The molecule has 0 radical (unpaired) electrons. The van der Waals surface area contributed by atoms with E-state index in [2.05, 4.69) is 12.2 Å². The minimum Gasteiger partial charge on any atom is -0.468 e. The lowest BCUT2D eigenvalue weighted by Crippen LogP contribution is -2.38. The van der Waals surface area contributed by atoms with Gasteiger partial charge in [-0.3, -0.25) is 4.79 Å². The Morgan fingerprint density at radius 1 is 1.72 bits per heavy atom. The minimum absolute atomic E-state index is 0.0227. The molecule has 0 bridgehead atoms. The smallest absolute Gasteiger partial charge is 0.320 e. The highest BCUT2D eigenvalue weighted by Crippen LogP contribution is 2.45. The second kappa shape index (κ2) is 4.69. The van der Waals surface area contributed by atoms with Gasteiger partial charge in [0.05, 0.1) is 13.2 Å². The molecule has 4 nitrogen and oxygen atoms in total. The van der Waals surface area contributed by atoms with E-state index in [1.165, 1.54) is 13.2 Å². The number of nitrogens with one attached hydrogen (secondary N) is 1. The van der Waals surface area contributed by atoms with Crippen molar-refractivity contribution in [3.05, 3.63) is 36.1 Å². The summed E-state index contributed by atoms with van der Waals surface area (Å²) in [5, 5.41) is 12.1. The van der Waals surface area contributed by atoms with Crippen molar-refractivity contribution in [2.24, 2.45) is 11.3 Å². The SMILES string of the molecule is COC(=O)C1(C=CC#N)C=CC=C2NC(C)CC21. The molecule has 2 aliphatic rings. The quantitative estimate of drug-likeness (QED) is 0.593. The summed E-state index contributed by atoms with van der Waals surface area (Å²) in [4.78, 5) is 12.2. The Labute approximate surface area is 107 Å². The van der Waals surface area contributed by atoms with Crippen LogP contribution in [0.5, 0.6) is 0 Å². The lowest BCUT2D eigenvalue weighted by Gasteiger charge is -2.33. The van der Waals surface area contributed by atoms with Crippen LogP contribution in [0.3, 0.4) is 0 Å². The molecule has 0 spiro atoms. The van der Waals surface area contributed by atoms with Crippen molar-refractivity contribution in [1.29, 1.82) is 5.26 Å². The maximum absolute atomic E-state index is 12.2. The Kier molecular flexibility index (Phi) is 3.24. The highest BCUT2D eigenvalue weighted by atomic mass is 16.5. The molecular weight excluding hydrogens is 228 g/mol.